The van der Waals surface area contributed by atoms with Gasteiger partial charge in [0.25, 0.3) is 0 Å². The standard InChI is InChI=1S/C12H20N4O/c1-12(6-4-3-5-7-12)16-9-8-10(17-2)15-11(13)14-9/h8H,3-7H2,1-2H3,(H3,13,14,15,16). The third-order valence-electron chi connectivity index (χ3n) is 3.32. The van der Waals surface area contributed by atoms with Crippen LogP contribution in [-0.2, 0) is 0 Å². The molecular formula is C12H20N4O. The van der Waals surface area contributed by atoms with E-state index in [0.29, 0.717) is 5.88 Å². The molecule has 3 N–H and O–H groups in total. The summed E-state index contributed by atoms with van der Waals surface area (Å²) in [4.78, 5) is 8.17. The smallest absolute Gasteiger partial charge is 0.225 e. The molecule has 17 heavy (non-hydrogen) atoms. The monoisotopic (exact) mass is 236 g/mol. The van der Waals surface area contributed by atoms with E-state index in [4.69, 9.17) is 10.5 Å². The van der Waals surface area contributed by atoms with Crippen molar-refractivity contribution in [1.82, 2.24) is 9.97 Å². The van der Waals surface area contributed by atoms with Crippen LogP contribution in [0, 0.1) is 0 Å². The third-order valence-corrected chi connectivity index (χ3v) is 3.32. The van der Waals surface area contributed by atoms with Gasteiger partial charge in [0.05, 0.1) is 7.11 Å². The summed E-state index contributed by atoms with van der Waals surface area (Å²) in [5.41, 5.74) is 5.76. The van der Waals surface area contributed by atoms with Crippen LogP contribution in [0.1, 0.15) is 39.0 Å². The van der Waals surface area contributed by atoms with E-state index in [1.54, 1.807) is 13.2 Å². The summed E-state index contributed by atoms with van der Waals surface area (Å²) in [5, 5.41) is 3.46. The van der Waals surface area contributed by atoms with E-state index in [9.17, 15) is 0 Å². The number of rotatable bonds is 3. The van der Waals surface area contributed by atoms with E-state index in [-0.39, 0.29) is 11.5 Å². The van der Waals surface area contributed by atoms with Crippen LogP contribution in [0.15, 0.2) is 6.07 Å². The zero-order valence-electron chi connectivity index (χ0n) is 10.5. The van der Waals surface area contributed by atoms with Crippen LogP contribution in [-0.4, -0.2) is 22.6 Å². The van der Waals surface area contributed by atoms with Crippen LogP contribution in [0.25, 0.3) is 0 Å². The molecule has 5 heteroatoms. The van der Waals surface area contributed by atoms with E-state index in [1.807, 2.05) is 0 Å². The Hall–Kier alpha value is -1.52. The molecule has 1 aliphatic rings. The molecule has 0 bridgehead atoms. The van der Waals surface area contributed by atoms with E-state index >= 15 is 0 Å². The van der Waals surface area contributed by atoms with E-state index in [1.165, 1.54) is 32.1 Å². The molecule has 0 aliphatic heterocycles. The summed E-state index contributed by atoms with van der Waals surface area (Å²) in [6, 6.07) is 1.79. The molecule has 1 aromatic rings. The van der Waals surface area contributed by atoms with E-state index in [0.717, 1.165) is 5.82 Å². The number of methoxy groups -OCH3 is 1. The van der Waals surface area contributed by atoms with Crippen LogP contribution >= 0.6 is 0 Å². The lowest BCUT2D eigenvalue weighted by atomic mass is 9.83. The number of nitrogens with two attached hydrogens (primary N) is 1. The fourth-order valence-corrected chi connectivity index (χ4v) is 2.38. The predicted octanol–water partition coefficient (Wildman–Crippen LogP) is 2.20. The van der Waals surface area contributed by atoms with Crippen molar-refractivity contribution in [3.8, 4) is 5.88 Å². The van der Waals surface area contributed by atoms with Crippen molar-refractivity contribution in [2.75, 3.05) is 18.2 Å². The molecule has 0 amide bonds. The van der Waals surface area contributed by atoms with Crippen molar-refractivity contribution in [3.05, 3.63) is 6.07 Å². The normalized spacial score (nSPS) is 18.7. The third kappa shape index (κ3) is 2.99. The fourth-order valence-electron chi connectivity index (χ4n) is 2.38. The molecule has 1 heterocycles. The van der Waals surface area contributed by atoms with Gasteiger partial charge in [-0.25, -0.2) is 0 Å². The Morgan fingerprint density at radius 3 is 2.65 bits per heavy atom. The summed E-state index contributed by atoms with van der Waals surface area (Å²) in [5.74, 6) is 1.49. The molecule has 0 saturated heterocycles. The summed E-state index contributed by atoms with van der Waals surface area (Å²) < 4.78 is 5.09. The van der Waals surface area contributed by atoms with Gasteiger partial charge in [0, 0.05) is 11.6 Å². The molecule has 94 valence electrons. The van der Waals surface area contributed by atoms with Gasteiger partial charge in [0.2, 0.25) is 11.8 Å². The van der Waals surface area contributed by atoms with Gasteiger partial charge in [-0.05, 0) is 19.8 Å². The largest absolute Gasteiger partial charge is 0.481 e. The molecule has 1 fully saturated rings. The maximum atomic E-state index is 5.64. The van der Waals surface area contributed by atoms with Gasteiger partial charge in [-0.2, -0.15) is 9.97 Å². The molecule has 1 aliphatic carbocycles. The van der Waals surface area contributed by atoms with Gasteiger partial charge in [0.15, 0.2) is 0 Å². The first-order valence-electron chi connectivity index (χ1n) is 6.08. The number of aromatic nitrogens is 2. The molecule has 0 radical (unpaired) electrons. The average molecular weight is 236 g/mol. The first-order valence-corrected chi connectivity index (χ1v) is 6.08. The molecule has 1 saturated carbocycles. The first-order chi connectivity index (χ1) is 8.11. The van der Waals surface area contributed by atoms with Gasteiger partial charge in [-0.3, -0.25) is 0 Å². The quantitative estimate of drug-likeness (QED) is 0.841. The molecule has 0 unspecified atom stereocenters. The Morgan fingerprint density at radius 2 is 2.00 bits per heavy atom. The number of anilines is 2. The molecule has 0 spiro atoms. The fraction of sp³-hybridized carbons (Fsp3) is 0.667. The summed E-state index contributed by atoms with van der Waals surface area (Å²) in [6.45, 7) is 2.23. The van der Waals surface area contributed by atoms with Crippen molar-refractivity contribution >= 4 is 11.8 Å². The lowest BCUT2D eigenvalue weighted by Crippen LogP contribution is -2.37. The second-order valence-corrected chi connectivity index (χ2v) is 4.90. The van der Waals surface area contributed by atoms with Gasteiger partial charge >= 0.3 is 0 Å². The second kappa shape index (κ2) is 4.77. The van der Waals surface area contributed by atoms with Crippen molar-refractivity contribution in [2.24, 2.45) is 0 Å². The highest BCUT2D eigenvalue weighted by atomic mass is 16.5. The van der Waals surface area contributed by atoms with Gasteiger partial charge in [-0.15, -0.1) is 0 Å². The molecule has 2 rings (SSSR count). The highest BCUT2D eigenvalue weighted by molar-refractivity contribution is 5.44. The minimum absolute atomic E-state index is 0.115. The Balaban J connectivity index is 2.14. The lowest BCUT2D eigenvalue weighted by molar-refractivity contribution is 0.348. The molecule has 0 aromatic carbocycles. The molecule has 0 atom stereocenters. The number of ether oxygens (including phenoxy) is 1. The minimum atomic E-state index is 0.115. The van der Waals surface area contributed by atoms with Crippen molar-refractivity contribution in [3.63, 3.8) is 0 Å². The zero-order valence-corrected chi connectivity index (χ0v) is 10.5. The van der Waals surface area contributed by atoms with Crippen LogP contribution in [0.5, 0.6) is 5.88 Å². The maximum Gasteiger partial charge on any atom is 0.225 e. The van der Waals surface area contributed by atoms with Crippen LogP contribution in [0.3, 0.4) is 0 Å². The highest BCUT2D eigenvalue weighted by Crippen LogP contribution is 2.31. The number of nitrogen functional groups attached to an aromatic ring is 1. The summed E-state index contributed by atoms with van der Waals surface area (Å²) in [7, 11) is 1.58. The van der Waals surface area contributed by atoms with Gasteiger partial charge in [0.1, 0.15) is 5.82 Å². The van der Waals surface area contributed by atoms with Crippen molar-refractivity contribution in [2.45, 2.75) is 44.6 Å². The average Bonchev–Trinajstić information content (AvgIpc) is 2.28. The first kappa shape index (κ1) is 12.0. The van der Waals surface area contributed by atoms with Crippen molar-refractivity contribution in [1.29, 1.82) is 0 Å². The van der Waals surface area contributed by atoms with Crippen LogP contribution in [0.2, 0.25) is 0 Å². The number of hydrogen-bond acceptors (Lipinski definition) is 5. The zero-order chi connectivity index (χ0) is 12.3. The summed E-state index contributed by atoms with van der Waals surface area (Å²) >= 11 is 0. The predicted molar refractivity (Wildman–Crippen MR) is 68.1 cm³/mol. The number of nitrogens with one attached hydrogen (secondary N) is 1. The Labute approximate surface area is 102 Å². The topological polar surface area (TPSA) is 73.1 Å². The van der Waals surface area contributed by atoms with Crippen LogP contribution < -0.4 is 15.8 Å². The molecule has 1 aromatic heterocycles. The Kier molecular flexibility index (Phi) is 3.36. The molecule has 5 nitrogen and oxygen atoms in total. The number of hydrogen-bond donors (Lipinski definition) is 2. The maximum absolute atomic E-state index is 5.64. The van der Waals surface area contributed by atoms with Crippen LogP contribution in [0.4, 0.5) is 11.8 Å². The summed E-state index contributed by atoms with van der Waals surface area (Å²) in [6.07, 6.45) is 6.19. The Morgan fingerprint density at radius 1 is 1.29 bits per heavy atom. The van der Waals surface area contributed by atoms with Crippen molar-refractivity contribution < 1.29 is 4.74 Å². The molecular weight excluding hydrogens is 216 g/mol. The second-order valence-electron chi connectivity index (χ2n) is 4.90. The minimum Gasteiger partial charge on any atom is -0.481 e. The van der Waals surface area contributed by atoms with E-state index < -0.39 is 0 Å². The lowest BCUT2D eigenvalue weighted by Gasteiger charge is -2.35. The van der Waals surface area contributed by atoms with E-state index in [2.05, 4.69) is 22.2 Å². The van der Waals surface area contributed by atoms with Gasteiger partial charge in [-0.1, -0.05) is 19.3 Å². The highest BCUT2D eigenvalue weighted by Gasteiger charge is 2.27. The number of nitrogens with zero attached hydrogens (tertiary/aromatic N) is 2. The van der Waals surface area contributed by atoms with Gasteiger partial charge < -0.3 is 15.8 Å². The Bertz CT molecular complexity index is 388. The SMILES string of the molecule is COc1cc(NC2(C)CCCCC2)nc(N)n1.